The predicted octanol–water partition coefficient (Wildman–Crippen LogP) is 3.41. The van der Waals surface area contributed by atoms with Crippen LogP contribution in [0.2, 0.25) is 0 Å². The Kier molecular flexibility index (Phi) is 5.88. The van der Waals surface area contributed by atoms with Crippen molar-refractivity contribution in [2.24, 2.45) is 0 Å². The average Bonchev–Trinajstić information content (AvgIpc) is 2.78. The van der Waals surface area contributed by atoms with Gasteiger partial charge in [-0.1, -0.05) is 12.0 Å². The summed E-state index contributed by atoms with van der Waals surface area (Å²) >= 11 is 0. The Hall–Kier alpha value is -3.34. The van der Waals surface area contributed by atoms with E-state index in [1.165, 1.54) is 13.4 Å². The van der Waals surface area contributed by atoms with Gasteiger partial charge in [0.15, 0.2) is 11.5 Å². The Bertz CT molecular complexity index is 1130. The van der Waals surface area contributed by atoms with Crippen LogP contribution in [-0.4, -0.2) is 50.6 Å². The summed E-state index contributed by atoms with van der Waals surface area (Å²) in [6.07, 6.45) is 3.57. The molecule has 1 aromatic heterocycles. The van der Waals surface area contributed by atoms with Crippen LogP contribution in [0, 0.1) is 12.3 Å². The highest BCUT2D eigenvalue weighted by molar-refractivity contribution is 5.93. The van der Waals surface area contributed by atoms with Crippen LogP contribution in [0.3, 0.4) is 0 Å². The maximum absolute atomic E-state index is 7.77. The van der Waals surface area contributed by atoms with Crippen molar-refractivity contribution in [2.75, 3.05) is 45.9 Å². The standard InChI is InChI=1S/C22H23N3O4/c1-4-16-6-5-7-17(12-16)25-22-18-13-20(28-10-8-26-2)21(29-11-9-27-3)14-19(18)23-15-24-22/h1,5-7,12-15H,8-11H2,2-3H3,(H,23,24,25)/i1D,8D2. The molecular formula is C22H23N3O4. The molecule has 0 aliphatic rings. The maximum atomic E-state index is 7.77. The van der Waals surface area contributed by atoms with Crippen LogP contribution < -0.4 is 14.8 Å². The lowest BCUT2D eigenvalue weighted by molar-refractivity contribution is 0.132. The summed E-state index contributed by atoms with van der Waals surface area (Å²) in [4.78, 5) is 8.66. The Labute approximate surface area is 174 Å². The normalized spacial score (nSPS) is 12.3. The first-order valence-corrected chi connectivity index (χ1v) is 8.84. The quantitative estimate of drug-likeness (QED) is 0.416. The largest absolute Gasteiger partial charge is 0.487 e. The molecule has 3 aromatic rings. The molecule has 7 nitrogen and oxygen atoms in total. The minimum Gasteiger partial charge on any atom is -0.487 e. The van der Waals surface area contributed by atoms with Crippen molar-refractivity contribution in [2.45, 2.75) is 0 Å². The summed E-state index contributed by atoms with van der Waals surface area (Å²) < 4.78 is 43.9. The third-order valence-electron chi connectivity index (χ3n) is 3.95. The van der Waals surface area contributed by atoms with Gasteiger partial charge in [0.05, 0.1) is 21.4 Å². The molecule has 0 saturated heterocycles. The topological polar surface area (TPSA) is 74.7 Å². The molecule has 0 aliphatic carbocycles. The molecule has 150 valence electrons. The van der Waals surface area contributed by atoms with Crippen molar-refractivity contribution in [3.63, 3.8) is 0 Å². The monoisotopic (exact) mass is 396 g/mol. The summed E-state index contributed by atoms with van der Waals surface area (Å²) in [7, 11) is 2.85. The van der Waals surface area contributed by atoms with E-state index in [4.69, 9.17) is 23.1 Å². The second-order valence-corrected chi connectivity index (χ2v) is 5.85. The second kappa shape index (κ2) is 10.3. The lowest BCUT2D eigenvalue weighted by atomic mass is 10.2. The van der Waals surface area contributed by atoms with Gasteiger partial charge in [0, 0.05) is 36.9 Å². The minimum atomic E-state index is -1.97. The summed E-state index contributed by atoms with van der Waals surface area (Å²) in [5.41, 5.74) is 2.05. The molecule has 0 aliphatic heterocycles. The van der Waals surface area contributed by atoms with Gasteiger partial charge in [-0.2, -0.15) is 0 Å². The van der Waals surface area contributed by atoms with Crippen LogP contribution in [0.25, 0.3) is 10.9 Å². The van der Waals surface area contributed by atoms with E-state index in [0.29, 0.717) is 40.4 Å². The van der Waals surface area contributed by atoms with Crippen molar-refractivity contribution in [3.05, 3.63) is 48.3 Å². The van der Waals surface area contributed by atoms with E-state index in [0.717, 1.165) is 5.69 Å². The fourth-order valence-electron chi connectivity index (χ4n) is 2.60. The molecule has 0 amide bonds. The molecule has 0 bridgehead atoms. The first-order valence-electron chi connectivity index (χ1n) is 10.3. The Balaban J connectivity index is 1.98. The lowest BCUT2D eigenvalue weighted by Gasteiger charge is -2.15. The van der Waals surface area contributed by atoms with Gasteiger partial charge in [0.25, 0.3) is 0 Å². The van der Waals surface area contributed by atoms with Crippen molar-refractivity contribution < 1.29 is 23.1 Å². The van der Waals surface area contributed by atoms with E-state index in [-0.39, 0.29) is 13.2 Å². The molecule has 0 fully saturated rings. The van der Waals surface area contributed by atoms with Gasteiger partial charge in [0.1, 0.15) is 26.7 Å². The Morgan fingerprint density at radius 3 is 2.76 bits per heavy atom. The zero-order valence-electron chi connectivity index (χ0n) is 19.2. The van der Waals surface area contributed by atoms with E-state index in [9.17, 15) is 0 Å². The van der Waals surface area contributed by atoms with Crippen LogP contribution in [0.5, 0.6) is 11.5 Å². The average molecular weight is 396 g/mol. The molecule has 0 unspecified atom stereocenters. The van der Waals surface area contributed by atoms with E-state index in [1.54, 1.807) is 19.2 Å². The van der Waals surface area contributed by atoms with Crippen molar-refractivity contribution in [3.8, 4) is 23.8 Å². The van der Waals surface area contributed by atoms with Gasteiger partial charge >= 0.3 is 0 Å². The number of hydrogen-bond acceptors (Lipinski definition) is 7. The van der Waals surface area contributed by atoms with Gasteiger partial charge in [-0.05, 0) is 24.3 Å². The molecule has 29 heavy (non-hydrogen) atoms. The van der Waals surface area contributed by atoms with Gasteiger partial charge in [-0.3, -0.25) is 0 Å². The van der Waals surface area contributed by atoms with Gasteiger partial charge in [0.2, 0.25) is 0 Å². The minimum absolute atomic E-state index is 0.287. The highest BCUT2D eigenvalue weighted by Gasteiger charge is 2.13. The van der Waals surface area contributed by atoms with E-state index in [2.05, 4.69) is 27.6 Å². The van der Waals surface area contributed by atoms with Gasteiger partial charge in [-0.25, -0.2) is 9.97 Å². The Morgan fingerprint density at radius 1 is 1.07 bits per heavy atom. The summed E-state index contributed by atoms with van der Waals surface area (Å²) in [5, 5.41) is 3.88. The van der Waals surface area contributed by atoms with E-state index in [1.807, 2.05) is 24.3 Å². The highest BCUT2D eigenvalue weighted by atomic mass is 16.5. The van der Waals surface area contributed by atoms with Crippen LogP contribution in [-0.2, 0) is 9.47 Å². The van der Waals surface area contributed by atoms with Crippen molar-refractivity contribution in [1.29, 1.82) is 0 Å². The van der Waals surface area contributed by atoms with Gasteiger partial charge < -0.3 is 24.3 Å². The van der Waals surface area contributed by atoms with Crippen LogP contribution >= 0.6 is 0 Å². The number of fused-ring (bicyclic) bond motifs is 1. The molecule has 0 radical (unpaired) electrons. The third-order valence-corrected chi connectivity index (χ3v) is 3.95. The van der Waals surface area contributed by atoms with Crippen molar-refractivity contribution >= 4 is 22.4 Å². The van der Waals surface area contributed by atoms with Crippen molar-refractivity contribution in [1.82, 2.24) is 9.97 Å². The molecule has 3 rings (SSSR count). The first kappa shape index (κ1) is 16.6. The molecular weight excluding hydrogens is 370 g/mol. The number of nitrogens with zero attached hydrogens (tertiary/aromatic N) is 2. The number of nitrogens with one attached hydrogen (secondary N) is 1. The zero-order chi connectivity index (χ0) is 23.0. The third kappa shape index (κ3) is 5.35. The molecule has 0 spiro atoms. The van der Waals surface area contributed by atoms with Crippen LogP contribution in [0.4, 0.5) is 11.5 Å². The van der Waals surface area contributed by atoms with E-state index < -0.39 is 6.56 Å². The molecule has 1 heterocycles. The number of methoxy groups -OCH3 is 2. The fraction of sp³-hybridized carbons (Fsp3) is 0.273. The second-order valence-electron chi connectivity index (χ2n) is 5.85. The van der Waals surface area contributed by atoms with Crippen LogP contribution in [0.15, 0.2) is 42.7 Å². The van der Waals surface area contributed by atoms with Gasteiger partial charge in [-0.15, -0.1) is 6.40 Å². The number of ether oxygens (including phenoxy) is 4. The molecule has 0 atom stereocenters. The summed E-state index contributed by atoms with van der Waals surface area (Å²) in [6.45, 7) is -1.63. The molecule has 0 saturated carbocycles. The first-order chi connectivity index (χ1) is 15.5. The number of rotatable bonds is 10. The predicted molar refractivity (Wildman–Crippen MR) is 112 cm³/mol. The number of hydrogen-bond donors (Lipinski definition) is 1. The highest BCUT2D eigenvalue weighted by Crippen LogP contribution is 2.35. The molecule has 1 N–H and O–H groups in total. The number of benzene rings is 2. The number of aromatic nitrogens is 2. The van der Waals surface area contributed by atoms with E-state index >= 15 is 0 Å². The summed E-state index contributed by atoms with van der Waals surface area (Å²) in [6, 6.07) is 10.7. The number of terminal acetylenes is 1. The molecule has 2 aromatic carbocycles. The fourth-order valence-corrected chi connectivity index (χ4v) is 2.60. The maximum Gasteiger partial charge on any atom is 0.163 e. The van der Waals surface area contributed by atoms with Crippen LogP contribution in [0.1, 0.15) is 9.68 Å². The SMILES string of the molecule is [2H]C#Cc1cccc(Nc2ncnc3cc(OCCOC)c(OCC([2H])([2H])OC)cc23)c1. The zero-order valence-corrected chi connectivity index (χ0v) is 16.2. The summed E-state index contributed by atoms with van der Waals surface area (Å²) in [5.74, 6) is 3.94. The Morgan fingerprint density at radius 2 is 1.93 bits per heavy atom. The molecule has 7 heteroatoms. The lowest BCUT2D eigenvalue weighted by Crippen LogP contribution is -2.09. The number of anilines is 2. The smallest absolute Gasteiger partial charge is 0.163 e.